The van der Waals surface area contributed by atoms with Crippen LogP contribution in [0.2, 0.25) is 0 Å². The lowest BCUT2D eigenvalue weighted by atomic mass is 10.1. The molecular weight excluding hydrogens is 551 g/mol. The number of pyridine rings is 1. The molecule has 1 aliphatic rings. The van der Waals surface area contributed by atoms with Gasteiger partial charge in [0.1, 0.15) is 16.8 Å². The third kappa shape index (κ3) is 4.49. The Morgan fingerprint density at radius 1 is 0.953 bits per heavy atom. The van der Waals surface area contributed by atoms with Crippen molar-refractivity contribution in [1.82, 2.24) is 14.2 Å². The number of benzene rings is 3. The number of nitrogens with zero attached hydrogens (tertiary/aromatic N) is 3. The highest BCUT2D eigenvalue weighted by Crippen LogP contribution is 2.36. The quantitative estimate of drug-likeness (QED) is 0.166. The molecule has 3 heterocycles. The van der Waals surface area contributed by atoms with Crippen LogP contribution >= 0.6 is 0 Å². The summed E-state index contributed by atoms with van der Waals surface area (Å²) in [6.45, 7) is 2.88. The van der Waals surface area contributed by atoms with Crippen LogP contribution < -0.4 is 16.2 Å². The molecule has 0 aliphatic carbocycles. The van der Waals surface area contributed by atoms with Gasteiger partial charge in [0.2, 0.25) is 5.43 Å². The van der Waals surface area contributed by atoms with Crippen LogP contribution in [-0.4, -0.2) is 73.6 Å². The molecule has 9 nitrogen and oxygen atoms in total. The van der Waals surface area contributed by atoms with E-state index in [-0.39, 0.29) is 27.6 Å². The fraction of sp³-hybridized carbons (Fsp3) is 0.303. The lowest BCUT2D eigenvalue weighted by Crippen LogP contribution is -2.42. The van der Waals surface area contributed by atoms with Gasteiger partial charge in [-0.25, -0.2) is 4.39 Å². The molecule has 0 saturated carbocycles. The maximum Gasteiger partial charge on any atom is 0.259 e. The zero-order valence-electron chi connectivity index (χ0n) is 24.0. The van der Waals surface area contributed by atoms with E-state index in [1.54, 1.807) is 21.4 Å². The molecule has 0 radical (unpaired) electrons. The summed E-state index contributed by atoms with van der Waals surface area (Å²) in [4.78, 5) is 44.4. The molecule has 1 saturated heterocycles. The van der Waals surface area contributed by atoms with E-state index in [0.717, 1.165) is 30.2 Å². The number of carbonyl (C=O) groups is 1. The Labute approximate surface area is 245 Å². The minimum absolute atomic E-state index is 0.0485. The standard InChI is InChI=1S/C33H31FN4O5/c1-36(2)10-6-5-9-35-28-25(34)15-23-29-32(28)43-27-17-22-21(19-7-3-4-8-20(19)30(22)39)16-26(27)38(29)18-24(31(23)40)33(41)37-11-13-42-14-12-37/h3-4,7-8,15-18,35H,5-6,9-14H2,1-2H3. The summed E-state index contributed by atoms with van der Waals surface area (Å²) >= 11 is 0. The number of carbonyl (C=O) groups excluding carboxylic acids is 1. The van der Waals surface area contributed by atoms with Crippen molar-refractivity contribution >= 4 is 60.7 Å². The van der Waals surface area contributed by atoms with Gasteiger partial charge in [-0.15, -0.1) is 0 Å². The molecule has 1 N–H and O–H groups in total. The van der Waals surface area contributed by atoms with Crippen LogP contribution in [0.3, 0.4) is 0 Å². The molecule has 1 fully saturated rings. The van der Waals surface area contributed by atoms with Crippen molar-refractivity contribution in [3.63, 3.8) is 0 Å². The molecule has 0 spiro atoms. The number of hydrogen-bond donors (Lipinski definition) is 1. The highest BCUT2D eigenvalue weighted by Gasteiger charge is 2.26. The number of aromatic nitrogens is 1. The second kappa shape index (κ2) is 10.6. The van der Waals surface area contributed by atoms with Crippen LogP contribution in [0, 0.1) is 5.82 Å². The fourth-order valence-corrected chi connectivity index (χ4v) is 6.16. The van der Waals surface area contributed by atoms with Gasteiger partial charge in [-0.1, -0.05) is 24.3 Å². The highest BCUT2D eigenvalue weighted by molar-refractivity contribution is 6.15. The Bertz CT molecular complexity index is 2160. The molecule has 0 unspecified atom stereocenters. The highest BCUT2D eigenvalue weighted by atomic mass is 19.1. The number of nitrogens with one attached hydrogen (secondary N) is 1. The number of halogens is 1. The van der Waals surface area contributed by atoms with Gasteiger partial charge in [-0.2, -0.15) is 0 Å². The van der Waals surface area contributed by atoms with Crippen LogP contribution in [0.5, 0.6) is 0 Å². The molecule has 4 aromatic carbocycles. The van der Waals surface area contributed by atoms with Gasteiger partial charge in [0.05, 0.1) is 24.1 Å². The summed E-state index contributed by atoms with van der Waals surface area (Å²) in [5.41, 5.74) is 0.811. The molecule has 10 heteroatoms. The SMILES string of the molecule is CN(C)CCCCNc1c(F)cc2c(=O)c(C(=O)N3CCOCC3)cn3c4cc5c(cc4oc1c23)c(=O)c1ccccc15. The third-order valence-corrected chi connectivity index (χ3v) is 8.34. The molecule has 1 aliphatic heterocycles. The van der Waals surface area contributed by atoms with Gasteiger partial charge in [0.25, 0.3) is 5.91 Å². The van der Waals surface area contributed by atoms with Gasteiger partial charge < -0.3 is 28.7 Å². The van der Waals surface area contributed by atoms with Crippen molar-refractivity contribution < 1.29 is 18.3 Å². The molecule has 7 rings (SSSR count). The van der Waals surface area contributed by atoms with E-state index in [1.165, 1.54) is 12.3 Å². The summed E-state index contributed by atoms with van der Waals surface area (Å²) in [5, 5.41) is 5.85. The van der Waals surface area contributed by atoms with Gasteiger partial charge in [0, 0.05) is 36.6 Å². The Morgan fingerprint density at radius 2 is 1.72 bits per heavy atom. The number of anilines is 1. The first-order valence-corrected chi connectivity index (χ1v) is 14.5. The van der Waals surface area contributed by atoms with Gasteiger partial charge >= 0.3 is 0 Å². The smallest absolute Gasteiger partial charge is 0.259 e. The maximum atomic E-state index is 15.8. The average molecular weight is 583 g/mol. The van der Waals surface area contributed by atoms with Crippen molar-refractivity contribution in [2.75, 3.05) is 58.8 Å². The number of fused-ring (bicyclic) bond motifs is 5. The van der Waals surface area contributed by atoms with Crippen molar-refractivity contribution in [1.29, 1.82) is 0 Å². The average Bonchev–Trinajstić information content (AvgIpc) is 3.29. The van der Waals surface area contributed by atoms with Gasteiger partial charge in [0.15, 0.2) is 22.4 Å². The number of ether oxygens (including phenoxy) is 1. The molecule has 0 bridgehead atoms. The van der Waals surface area contributed by atoms with Crippen molar-refractivity contribution in [3.05, 3.63) is 80.5 Å². The second-order valence-electron chi connectivity index (χ2n) is 11.4. The van der Waals surface area contributed by atoms with Crippen molar-refractivity contribution in [3.8, 4) is 0 Å². The van der Waals surface area contributed by atoms with E-state index in [4.69, 9.17) is 9.15 Å². The van der Waals surface area contributed by atoms with Crippen LogP contribution in [0.15, 0.2) is 62.7 Å². The summed E-state index contributed by atoms with van der Waals surface area (Å²) in [7, 11) is 4.01. The monoisotopic (exact) mass is 582 g/mol. The predicted molar refractivity (Wildman–Crippen MR) is 166 cm³/mol. The predicted octanol–water partition coefficient (Wildman–Crippen LogP) is 4.67. The van der Waals surface area contributed by atoms with Crippen molar-refractivity contribution in [2.24, 2.45) is 0 Å². The van der Waals surface area contributed by atoms with Crippen LogP contribution in [0.25, 0.3) is 49.1 Å². The minimum Gasteiger partial charge on any atom is -0.451 e. The first kappa shape index (κ1) is 27.3. The van der Waals surface area contributed by atoms with Crippen LogP contribution in [-0.2, 0) is 4.74 Å². The Balaban J connectivity index is 1.50. The summed E-state index contributed by atoms with van der Waals surface area (Å²) < 4.78 is 29.3. The third-order valence-electron chi connectivity index (χ3n) is 8.34. The lowest BCUT2D eigenvalue weighted by molar-refractivity contribution is 0.0302. The van der Waals surface area contributed by atoms with Gasteiger partial charge in [-0.3, -0.25) is 14.4 Å². The van der Waals surface area contributed by atoms with E-state index < -0.39 is 17.2 Å². The number of rotatable bonds is 7. The molecule has 6 aromatic rings. The van der Waals surface area contributed by atoms with E-state index >= 15 is 4.39 Å². The molecular formula is C33H31FN4O5. The van der Waals surface area contributed by atoms with E-state index in [1.807, 2.05) is 38.4 Å². The molecule has 2 aromatic heterocycles. The minimum atomic E-state index is -0.650. The Hall–Kier alpha value is -4.54. The summed E-state index contributed by atoms with van der Waals surface area (Å²) in [5.74, 6) is -1.08. The molecule has 0 atom stereocenters. The second-order valence-corrected chi connectivity index (χ2v) is 11.4. The number of hydrogen-bond acceptors (Lipinski definition) is 7. The molecule has 1 amide bonds. The van der Waals surface area contributed by atoms with Crippen LogP contribution in [0.1, 0.15) is 23.2 Å². The Kier molecular flexibility index (Phi) is 6.75. The number of unbranched alkanes of at least 4 members (excludes halogenated alkanes) is 1. The largest absolute Gasteiger partial charge is 0.451 e. The molecule has 43 heavy (non-hydrogen) atoms. The first-order valence-electron chi connectivity index (χ1n) is 14.5. The zero-order chi connectivity index (χ0) is 29.8. The van der Waals surface area contributed by atoms with Crippen LogP contribution in [0.4, 0.5) is 10.1 Å². The van der Waals surface area contributed by atoms with Crippen molar-refractivity contribution in [2.45, 2.75) is 12.8 Å². The number of morpholine rings is 1. The lowest BCUT2D eigenvalue weighted by Gasteiger charge is -2.27. The summed E-state index contributed by atoms with van der Waals surface area (Å²) in [6, 6.07) is 12.1. The maximum absolute atomic E-state index is 15.8. The normalized spacial score (nSPS) is 14.3. The van der Waals surface area contributed by atoms with Gasteiger partial charge in [-0.05, 0) is 62.5 Å². The van der Waals surface area contributed by atoms with E-state index in [0.29, 0.717) is 60.2 Å². The topological polar surface area (TPSA) is 96.5 Å². The number of amides is 1. The zero-order valence-corrected chi connectivity index (χ0v) is 24.0. The molecule has 220 valence electrons. The summed E-state index contributed by atoms with van der Waals surface area (Å²) in [6.07, 6.45) is 3.24. The first-order chi connectivity index (χ1) is 20.8. The fourth-order valence-electron chi connectivity index (χ4n) is 6.16. The van der Waals surface area contributed by atoms with E-state index in [9.17, 15) is 14.4 Å². The van der Waals surface area contributed by atoms with E-state index in [2.05, 4.69) is 10.2 Å². The Morgan fingerprint density at radius 3 is 2.49 bits per heavy atom.